The lowest BCUT2D eigenvalue weighted by Gasteiger charge is -2.16. The van der Waals surface area contributed by atoms with Crippen molar-refractivity contribution in [1.29, 1.82) is 0 Å². The molecule has 0 radical (unpaired) electrons. The lowest BCUT2D eigenvalue weighted by molar-refractivity contribution is -0.0511. The van der Waals surface area contributed by atoms with Crippen LogP contribution in [-0.4, -0.2) is 59.8 Å². The molecule has 1 saturated heterocycles. The van der Waals surface area contributed by atoms with Gasteiger partial charge in [0.15, 0.2) is 23.2 Å². The minimum atomic E-state index is -1.20. The Balaban J connectivity index is 1.71. The predicted octanol–water partition coefficient (Wildman–Crippen LogP) is 0.798. The van der Waals surface area contributed by atoms with Gasteiger partial charge in [-0.3, -0.25) is 4.57 Å². The Labute approximate surface area is 155 Å². The highest BCUT2D eigenvalue weighted by Crippen LogP contribution is 2.32. The van der Waals surface area contributed by atoms with Gasteiger partial charge in [0.1, 0.15) is 24.6 Å². The predicted molar refractivity (Wildman–Crippen MR) is 97.5 cm³/mol. The van der Waals surface area contributed by atoms with Crippen molar-refractivity contribution in [2.24, 2.45) is 0 Å². The zero-order valence-electron chi connectivity index (χ0n) is 14.9. The number of nitrogens with zero attached hydrogens (tertiary/aromatic N) is 4. The third-order valence-corrected chi connectivity index (χ3v) is 5.01. The second-order valence-corrected chi connectivity index (χ2v) is 6.65. The molecule has 4 unspecified atom stereocenters. The van der Waals surface area contributed by atoms with E-state index in [0.717, 1.165) is 16.8 Å². The molecule has 0 aliphatic carbocycles. The summed E-state index contributed by atoms with van der Waals surface area (Å²) in [6.07, 6.45) is -1.28. The topological polar surface area (TPSA) is 126 Å². The second-order valence-electron chi connectivity index (χ2n) is 6.65. The number of ether oxygens (including phenoxy) is 1. The fourth-order valence-electron chi connectivity index (χ4n) is 3.25. The summed E-state index contributed by atoms with van der Waals surface area (Å²) in [7, 11) is 0. The summed E-state index contributed by atoms with van der Waals surface area (Å²) in [6.45, 7) is 3.66. The van der Waals surface area contributed by atoms with E-state index in [-0.39, 0.29) is 0 Å². The normalized spacial score (nSPS) is 25.2. The van der Waals surface area contributed by atoms with E-state index < -0.39 is 31.1 Å². The van der Waals surface area contributed by atoms with Crippen LogP contribution in [0.15, 0.2) is 30.9 Å². The highest BCUT2D eigenvalue weighted by Gasteiger charge is 2.44. The Morgan fingerprint density at radius 3 is 2.70 bits per heavy atom. The Bertz CT molecular complexity index is 976. The molecule has 0 spiro atoms. The molecule has 3 aromatic rings. The fraction of sp³-hybridized carbons (Fsp3) is 0.389. The number of anilines is 2. The molecule has 142 valence electrons. The van der Waals surface area contributed by atoms with Gasteiger partial charge in [-0.05, 0) is 31.0 Å². The molecule has 4 atom stereocenters. The molecule has 1 aromatic carbocycles. The summed E-state index contributed by atoms with van der Waals surface area (Å²) in [5.74, 6) is 0.527. The Kier molecular flexibility index (Phi) is 4.52. The number of rotatable bonds is 4. The number of fused-ring (bicyclic) bond motifs is 1. The quantitative estimate of drug-likeness (QED) is 0.531. The molecule has 0 saturated carbocycles. The van der Waals surface area contributed by atoms with Crippen LogP contribution in [0.2, 0.25) is 0 Å². The van der Waals surface area contributed by atoms with E-state index in [1.807, 2.05) is 32.0 Å². The highest BCUT2D eigenvalue weighted by molar-refractivity contribution is 5.85. The molecule has 4 N–H and O–H groups in total. The Morgan fingerprint density at radius 2 is 1.96 bits per heavy atom. The van der Waals surface area contributed by atoms with Crippen LogP contribution in [0.1, 0.15) is 17.4 Å². The van der Waals surface area contributed by atoms with Crippen LogP contribution in [0.25, 0.3) is 11.2 Å². The van der Waals surface area contributed by atoms with E-state index in [0.29, 0.717) is 17.0 Å². The first-order valence-electron chi connectivity index (χ1n) is 8.64. The van der Waals surface area contributed by atoms with Gasteiger partial charge in [-0.2, -0.15) is 0 Å². The summed E-state index contributed by atoms with van der Waals surface area (Å²) < 4.78 is 7.11. The van der Waals surface area contributed by atoms with Crippen LogP contribution in [0.3, 0.4) is 0 Å². The molecule has 1 aliphatic heterocycles. The third kappa shape index (κ3) is 2.94. The van der Waals surface area contributed by atoms with E-state index >= 15 is 0 Å². The van der Waals surface area contributed by atoms with Crippen molar-refractivity contribution in [1.82, 2.24) is 19.5 Å². The maximum atomic E-state index is 10.3. The van der Waals surface area contributed by atoms with Gasteiger partial charge in [-0.15, -0.1) is 0 Å². The van der Waals surface area contributed by atoms with E-state index in [9.17, 15) is 15.3 Å². The highest BCUT2D eigenvalue weighted by atomic mass is 16.6. The van der Waals surface area contributed by atoms with Gasteiger partial charge < -0.3 is 25.4 Å². The lowest BCUT2D eigenvalue weighted by Crippen LogP contribution is -2.33. The molecule has 4 rings (SSSR count). The molecule has 1 fully saturated rings. The molecular weight excluding hydrogens is 350 g/mol. The van der Waals surface area contributed by atoms with Gasteiger partial charge in [-0.1, -0.05) is 12.1 Å². The van der Waals surface area contributed by atoms with Crippen LogP contribution >= 0.6 is 0 Å². The van der Waals surface area contributed by atoms with Gasteiger partial charge in [-0.25, -0.2) is 15.0 Å². The average Bonchev–Trinajstić information content (AvgIpc) is 3.21. The van der Waals surface area contributed by atoms with Crippen molar-refractivity contribution in [3.63, 3.8) is 0 Å². The van der Waals surface area contributed by atoms with Crippen molar-refractivity contribution in [2.75, 3.05) is 11.9 Å². The first-order chi connectivity index (χ1) is 13.0. The smallest absolute Gasteiger partial charge is 0.167 e. The van der Waals surface area contributed by atoms with Crippen molar-refractivity contribution < 1.29 is 20.1 Å². The average molecular weight is 371 g/mol. The fourth-order valence-corrected chi connectivity index (χ4v) is 3.25. The standard InChI is InChI=1S/C18H21N5O4/c1-9-4-3-5-11(10(9)2)22-16-13-17(20-7-19-16)23(8-21-13)18-15(26)14(25)12(6-24)27-18/h3-5,7-8,12,14-15,18,24-26H,6H2,1-2H3,(H,19,20,22). The van der Waals surface area contributed by atoms with Gasteiger partial charge in [0.05, 0.1) is 12.9 Å². The van der Waals surface area contributed by atoms with Crippen LogP contribution in [0.5, 0.6) is 0 Å². The molecule has 0 bridgehead atoms. The summed E-state index contributed by atoms with van der Waals surface area (Å²) in [6, 6.07) is 5.95. The number of nitrogens with one attached hydrogen (secondary N) is 1. The molecule has 9 heteroatoms. The minimum absolute atomic E-state index is 0.393. The number of hydrogen-bond acceptors (Lipinski definition) is 8. The van der Waals surface area contributed by atoms with E-state index in [1.54, 1.807) is 0 Å². The van der Waals surface area contributed by atoms with Crippen molar-refractivity contribution in [3.8, 4) is 0 Å². The zero-order valence-corrected chi connectivity index (χ0v) is 14.9. The van der Waals surface area contributed by atoms with Crippen LogP contribution < -0.4 is 5.32 Å². The number of imidazole rings is 1. The summed E-state index contributed by atoms with van der Waals surface area (Å²) in [4.78, 5) is 12.9. The van der Waals surface area contributed by atoms with Crippen LogP contribution in [0, 0.1) is 13.8 Å². The Morgan fingerprint density at radius 1 is 1.15 bits per heavy atom. The summed E-state index contributed by atoms with van der Waals surface area (Å²) >= 11 is 0. The van der Waals surface area contributed by atoms with Crippen LogP contribution in [-0.2, 0) is 4.74 Å². The van der Waals surface area contributed by atoms with E-state index in [1.165, 1.54) is 17.2 Å². The molecule has 3 heterocycles. The van der Waals surface area contributed by atoms with Crippen LogP contribution in [0.4, 0.5) is 11.5 Å². The maximum absolute atomic E-state index is 10.3. The van der Waals surface area contributed by atoms with Gasteiger partial charge in [0, 0.05) is 5.69 Å². The van der Waals surface area contributed by atoms with Crippen molar-refractivity contribution >= 4 is 22.7 Å². The maximum Gasteiger partial charge on any atom is 0.167 e. The first-order valence-corrected chi connectivity index (χ1v) is 8.64. The lowest BCUT2D eigenvalue weighted by atomic mass is 10.1. The van der Waals surface area contributed by atoms with Gasteiger partial charge in [0.25, 0.3) is 0 Å². The number of aliphatic hydroxyl groups is 3. The molecule has 2 aromatic heterocycles. The third-order valence-electron chi connectivity index (χ3n) is 5.01. The monoisotopic (exact) mass is 371 g/mol. The number of aryl methyl sites for hydroxylation is 1. The number of aliphatic hydroxyl groups excluding tert-OH is 3. The number of benzene rings is 1. The Hall–Kier alpha value is -2.59. The van der Waals surface area contributed by atoms with E-state index in [2.05, 4.69) is 20.3 Å². The number of aromatic nitrogens is 4. The summed E-state index contributed by atoms with van der Waals surface area (Å²) in [5, 5.41) is 32.8. The second kappa shape index (κ2) is 6.86. The summed E-state index contributed by atoms with van der Waals surface area (Å²) in [5.41, 5.74) is 4.13. The minimum Gasteiger partial charge on any atom is -0.394 e. The molecule has 1 aliphatic rings. The van der Waals surface area contributed by atoms with Crippen molar-refractivity contribution in [3.05, 3.63) is 42.0 Å². The van der Waals surface area contributed by atoms with E-state index in [4.69, 9.17) is 4.74 Å². The zero-order chi connectivity index (χ0) is 19.1. The molecular formula is C18H21N5O4. The molecule has 27 heavy (non-hydrogen) atoms. The van der Waals surface area contributed by atoms with Gasteiger partial charge >= 0.3 is 0 Å². The number of hydrogen-bond donors (Lipinski definition) is 4. The molecule has 9 nitrogen and oxygen atoms in total. The SMILES string of the molecule is Cc1cccc(Nc2ncnc3c2ncn3C2OC(CO)C(O)C2O)c1C. The first kappa shape index (κ1) is 17.8. The van der Waals surface area contributed by atoms with Crippen molar-refractivity contribution in [2.45, 2.75) is 38.4 Å². The largest absolute Gasteiger partial charge is 0.394 e. The molecule has 0 amide bonds. The van der Waals surface area contributed by atoms with Gasteiger partial charge in [0.2, 0.25) is 0 Å².